The van der Waals surface area contributed by atoms with Crippen molar-refractivity contribution in [1.82, 2.24) is 15.5 Å². The van der Waals surface area contributed by atoms with Gasteiger partial charge in [0.25, 0.3) is 0 Å². The molecule has 1 heterocycles. The fourth-order valence-corrected chi connectivity index (χ4v) is 2.84. The van der Waals surface area contributed by atoms with Crippen LogP contribution in [-0.4, -0.2) is 16.2 Å². The molecule has 106 valence electrons. The largest absolute Gasteiger partial charge is 0.338 e. The lowest BCUT2D eigenvalue weighted by Gasteiger charge is -2.08. The van der Waals surface area contributed by atoms with Gasteiger partial charge in [-0.25, -0.2) is 0 Å². The molecule has 20 heavy (non-hydrogen) atoms. The number of nitrogens with one attached hydrogen (secondary N) is 1. The highest BCUT2D eigenvalue weighted by Crippen LogP contribution is 2.18. The van der Waals surface area contributed by atoms with E-state index in [-0.39, 0.29) is 0 Å². The molecule has 0 bridgehead atoms. The monoisotopic (exact) mass is 335 g/mol. The Hall–Kier alpha value is -1.20. The van der Waals surface area contributed by atoms with E-state index in [0.29, 0.717) is 24.9 Å². The molecule has 3 rings (SSSR count). The number of rotatable bonds is 5. The second kappa shape index (κ2) is 6.50. The summed E-state index contributed by atoms with van der Waals surface area (Å²) in [6.45, 7) is 0.679. The van der Waals surface area contributed by atoms with Crippen LogP contribution in [0.25, 0.3) is 0 Å². The van der Waals surface area contributed by atoms with Crippen molar-refractivity contribution in [2.45, 2.75) is 44.7 Å². The number of halogens is 1. The molecule has 0 spiro atoms. The molecule has 0 aliphatic heterocycles. The lowest BCUT2D eigenvalue weighted by atomic mass is 10.1. The Bertz CT molecular complexity index is 547. The summed E-state index contributed by atoms with van der Waals surface area (Å²) < 4.78 is 6.37. The van der Waals surface area contributed by atoms with Gasteiger partial charge in [0.1, 0.15) is 0 Å². The summed E-state index contributed by atoms with van der Waals surface area (Å²) in [4.78, 5) is 4.44. The van der Waals surface area contributed by atoms with E-state index in [4.69, 9.17) is 4.52 Å². The number of aromatic nitrogens is 2. The molecule has 0 saturated heterocycles. The zero-order valence-corrected chi connectivity index (χ0v) is 12.9. The van der Waals surface area contributed by atoms with Gasteiger partial charge >= 0.3 is 0 Å². The van der Waals surface area contributed by atoms with Crippen molar-refractivity contribution in [3.8, 4) is 0 Å². The van der Waals surface area contributed by atoms with Crippen LogP contribution < -0.4 is 5.32 Å². The molecule has 2 aromatic rings. The van der Waals surface area contributed by atoms with Crippen molar-refractivity contribution < 1.29 is 4.52 Å². The summed E-state index contributed by atoms with van der Waals surface area (Å²) >= 11 is 3.43. The quantitative estimate of drug-likeness (QED) is 0.909. The Kier molecular flexibility index (Phi) is 4.47. The van der Waals surface area contributed by atoms with Crippen molar-refractivity contribution in [2.24, 2.45) is 0 Å². The Morgan fingerprint density at radius 2 is 1.95 bits per heavy atom. The molecule has 5 heteroatoms. The van der Waals surface area contributed by atoms with Gasteiger partial charge in [0.2, 0.25) is 5.89 Å². The molecule has 0 amide bonds. The summed E-state index contributed by atoms with van der Waals surface area (Å²) in [6.07, 6.45) is 5.90. The molecule has 1 saturated carbocycles. The van der Waals surface area contributed by atoms with Crippen molar-refractivity contribution in [3.63, 3.8) is 0 Å². The van der Waals surface area contributed by atoms with Crippen LogP contribution in [0.4, 0.5) is 0 Å². The van der Waals surface area contributed by atoms with E-state index in [9.17, 15) is 0 Å². The van der Waals surface area contributed by atoms with Gasteiger partial charge in [0, 0.05) is 16.9 Å². The second-order valence-electron chi connectivity index (χ2n) is 5.27. The minimum absolute atomic E-state index is 0.622. The average Bonchev–Trinajstić information content (AvgIpc) is 3.10. The SMILES string of the molecule is Brc1ccc(Cc2noc(CNC3CCCC3)n2)cc1. The Balaban J connectivity index is 1.54. The van der Waals surface area contributed by atoms with Crippen LogP contribution >= 0.6 is 15.9 Å². The summed E-state index contributed by atoms with van der Waals surface area (Å²) in [5.41, 5.74) is 1.18. The number of hydrogen-bond donors (Lipinski definition) is 1. The van der Waals surface area contributed by atoms with Gasteiger partial charge in [-0.05, 0) is 30.5 Å². The highest BCUT2D eigenvalue weighted by Gasteiger charge is 2.15. The highest BCUT2D eigenvalue weighted by atomic mass is 79.9. The first kappa shape index (κ1) is 13.8. The summed E-state index contributed by atoms with van der Waals surface area (Å²) in [6, 6.07) is 8.81. The third-order valence-corrected chi connectivity index (χ3v) is 4.21. The van der Waals surface area contributed by atoms with Crippen LogP contribution in [0.5, 0.6) is 0 Å². The molecule has 0 unspecified atom stereocenters. The van der Waals surface area contributed by atoms with Crippen molar-refractivity contribution >= 4 is 15.9 Å². The van der Waals surface area contributed by atoms with Crippen LogP contribution in [0.1, 0.15) is 43.0 Å². The normalized spacial score (nSPS) is 15.8. The van der Waals surface area contributed by atoms with Crippen molar-refractivity contribution in [1.29, 1.82) is 0 Å². The van der Waals surface area contributed by atoms with Gasteiger partial charge in [-0.1, -0.05) is 46.1 Å². The first-order valence-electron chi connectivity index (χ1n) is 7.09. The topological polar surface area (TPSA) is 51.0 Å². The number of benzene rings is 1. The number of hydrogen-bond acceptors (Lipinski definition) is 4. The van der Waals surface area contributed by atoms with Gasteiger partial charge in [-0.3, -0.25) is 0 Å². The maximum Gasteiger partial charge on any atom is 0.240 e. The van der Waals surface area contributed by atoms with Crippen LogP contribution in [0, 0.1) is 0 Å². The zero-order chi connectivity index (χ0) is 13.8. The van der Waals surface area contributed by atoms with Gasteiger partial charge in [-0.15, -0.1) is 0 Å². The number of nitrogens with zero attached hydrogens (tertiary/aromatic N) is 2. The van der Waals surface area contributed by atoms with E-state index >= 15 is 0 Å². The molecule has 0 atom stereocenters. The third-order valence-electron chi connectivity index (χ3n) is 3.68. The third kappa shape index (κ3) is 3.67. The Morgan fingerprint density at radius 3 is 2.70 bits per heavy atom. The highest BCUT2D eigenvalue weighted by molar-refractivity contribution is 9.10. The first-order chi connectivity index (χ1) is 9.79. The first-order valence-corrected chi connectivity index (χ1v) is 7.88. The van der Waals surface area contributed by atoms with Crippen LogP contribution in [0.2, 0.25) is 0 Å². The van der Waals surface area contributed by atoms with Gasteiger partial charge < -0.3 is 9.84 Å². The lowest BCUT2D eigenvalue weighted by Crippen LogP contribution is -2.25. The van der Waals surface area contributed by atoms with Gasteiger partial charge in [-0.2, -0.15) is 4.98 Å². The molecular formula is C15H18BrN3O. The predicted molar refractivity (Wildman–Crippen MR) is 80.3 cm³/mol. The molecule has 1 N–H and O–H groups in total. The minimum atomic E-state index is 0.622. The van der Waals surface area contributed by atoms with Crippen LogP contribution in [-0.2, 0) is 13.0 Å². The molecule has 1 aromatic carbocycles. The molecule has 1 fully saturated rings. The summed E-state index contributed by atoms with van der Waals surface area (Å²) in [5.74, 6) is 1.43. The second-order valence-corrected chi connectivity index (χ2v) is 6.19. The molecule has 1 aromatic heterocycles. The van der Waals surface area contributed by atoms with E-state index in [2.05, 4.69) is 43.5 Å². The smallest absolute Gasteiger partial charge is 0.240 e. The van der Waals surface area contributed by atoms with Gasteiger partial charge in [0.15, 0.2) is 5.82 Å². The fourth-order valence-electron chi connectivity index (χ4n) is 2.58. The summed E-state index contributed by atoms with van der Waals surface area (Å²) in [5, 5.41) is 7.52. The average molecular weight is 336 g/mol. The van der Waals surface area contributed by atoms with E-state index in [1.165, 1.54) is 31.2 Å². The van der Waals surface area contributed by atoms with Crippen LogP contribution in [0.3, 0.4) is 0 Å². The molecule has 4 nitrogen and oxygen atoms in total. The van der Waals surface area contributed by atoms with Crippen LogP contribution in [0.15, 0.2) is 33.3 Å². The summed E-state index contributed by atoms with van der Waals surface area (Å²) in [7, 11) is 0. The maximum atomic E-state index is 5.29. The van der Waals surface area contributed by atoms with Gasteiger partial charge in [0.05, 0.1) is 6.54 Å². The fraction of sp³-hybridized carbons (Fsp3) is 0.467. The Labute approximate surface area is 127 Å². The molecular weight excluding hydrogens is 318 g/mol. The standard InChI is InChI=1S/C15H18BrN3O/c16-12-7-5-11(6-8-12)9-14-18-15(20-19-14)10-17-13-3-1-2-4-13/h5-8,13,17H,1-4,9-10H2. The minimum Gasteiger partial charge on any atom is -0.338 e. The molecule has 1 aliphatic carbocycles. The zero-order valence-electron chi connectivity index (χ0n) is 11.3. The molecule has 1 aliphatic rings. The van der Waals surface area contributed by atoms with E-state index in [1.54, 1.807) is 0 Å². The van der Waals surface area contributed by atoms with E-state index in [0.717, 1.165) is 10.3 Å². The van der Waals surface area contributed by atoms with Crippen molar-refractivity contribution in [3.05, 3.63) is 46.0 Å². The Morgan fingerprint density at radius 1 is 1.20 bits per heavy atom. The van der Waals surface area contributed by atoms with E-state index < -0.39 is 0 Å². The van der Waals surface area contributed by atoms with Crippen molar-refractivity contribution in [2.75, 3.05) is 0 Å². The van der Waals surface area contributed by atoms with E-state index in [1.807, 2.05) is 12.1 Å². The molecule has 0 radical (unpaired) electrons. The maximum absolute atomic E-state index is 5.29. The lowest BCUT2D eigenvalue weighted by molar-refractivity contribution is 0.353. The predicted octanol–water partition coefficient (Wildman–Crippen LogP) is 3.46.